The zero-order chi connectivity index (χ0) is 29.9. The molecular formula is C33H46N4O5. The molecule has 4 fully saturated rings. The summed E-state index contributed by atoms with van der Waals surface area (Å²) in [6.07, 6.45) is 6.29. The first-order valence-corrected chi connectivity index (χ1v) is 15.6. The van der Waals surface area contributed by atoms with Crippen LogP contribution in [0.3, 0.4) is 0 Å². The van der Waals surface area contributed by atoms with Gasteiger partial charge in [0.05, 0.1) is 5.41 Å². The number of benzene rings is 1. The number of aromatic nitrogens is 2. The van der Waals surface area contributed by atoms with Gasteiger partial charge in [-0.3, -0.25) is 0 Å². The summed E-state index contributed by atoms with van der Waals surface area (Å²) in [7, 11) is 0. The van der Waals surface area contributed by atoms with Gasteiger partial charge in [-0.25, -0.2) is 9.59 Å². The molecule has 3 aliphatic carbocycles. The summed E-state index contributed by atoms with van der Waals surface area (Å²) in [5.41, 5.74) is 0.183. The van der Waals surface area contributed by atoms with Crippen molar-refractivity contribution >= 4 is 12.2 Å². The lowest BCUT2D eigenvalue weighted by atomic mass is 9.57. The minimum absolute atomic E-state index is 0.115. The highest BCUT2D eigenvalue weighted by Crippen LogP contribution is 2.57. The number of rotatable bonds is 6. The topological polar surface area (TPSA) is 98.0 Å². The summed E-state index contributed by atoms with van der Waals surface area (Å²) < 4.78 is 17.3. The minimum atomic E-state index is -0.564. The molecule has 9 heteroatoms. The number of piperidine rings is 1. The van der Waals surface area contributed by atoms with Crippen LogP contribution in [0.4, 0.5) is 9.59 Å². The van der Waals surface area contributed by atoms with Crippen LogP contribution in [0.5, 0.6) is 0 Å². The highest BCUT2D eigenvalue weighted by Gasteiger charge is 2.56. The molecule has 228 valence electrons. The van der Waals surface area contributed by atoms with E-state index in [9.17, 15) is 9.59 Å². The summed E-state index contributed by atoms with van der Waals surface area (Å²) in [5.74, 6) is 2.02. The monoisotopic (exact) mass is 578 g/mol. The Kier molecular flexibility index (Phi) is 7.09. The van der Waals surface area contributed by atoms with E-state index < -0.39 is 11.2 Å². The van der Waals surface area contributed by atoms with Crippen LogP contribution in [0.25, 0.3) is 0 Å². The Balaban J connectivity index is 1.08. The third-order valence-corrected chi connectivity index (χ3v) is 9.44. The normalized spacial score (nSPS) is 24.6. The van der Waals surface area contributed by atoms with Crippen LogP contribution in [0.15, 0.2) is 34.9 Å². The lowest BCUT2D eigenvalue weighted by Crippen LogP contribution is -2.49. The van der Waals surface area contributed by atoms with Gasteiger partial charge in [0.1, 0.15) is 11.2 Å². The highest BCUT2D eigenvalue weighted by atomic mass is 16.6. The first kappa shape index (κ1) is 29.0. The molecule has 1 aromatic heterocycles. The van der Waals surface area contributed by atoms with Crippen molar-refractivity contribution in [2.75, 3.05) is 19.6 Å². The fourth-order valence-corrected chi connectivity index (χ4v) is 6.83. The molecule has 1 aliphatic heterocycles. The number of carbonyl (C=O) groups is 2. The molecule has 2 atom stereocenters. The van der Waals surface area contributed by atoms with Crippen molar-refractivity contribution in [3.63, 3.8) is 0 Å². The van der Waals surface area contributed by atoms with Crippen molar-refractivity contribution in [1.82, 2.24) is 19.9 Å². The molecule has 1 saturated heterocycles. The number of hydrogen-bond donors (Lipinski definition) is 0. The molecule has 2 heterocycles. The molecular weight excluding hydrogens is 532 g/mol. The Morgan fingerprint density at radius 2 is 1.62 bits per heavy atom. The second kappa shape index (κ2) is 10.3. The molecule has 1 spiro atoms. The molecule has 2 amide bonds. The van der Waals surface area contributed by atoms with Crippen LogP contribution in [-0.4, -0.2) is 69.0 Å². The molecule has 1 unspecified atom stereocenters. The molecule has 9 nitrogen and oxygen atoms in total. The number of amides is 2. The van der Waals surface area contributed by atoms with Gasteiger partial charge in [-0.05, 0) is 97.5 Å². The zero-order valence-electron chi connectivity index (χ0n) is 26.0. The summed E-state index contributed by atoms with van der Waals surface area (Å²) in [6, 6.07) is 10.5. The fourth-order valence-electron chi connectivity index (χ4n) is 6.83. The van der Waals surface area contributed by atoms with Crippen molar-refractivity contribution in [3.05, 3.63) is 47.6 Å². The van der Waals surface area contributed by atoms with E-state index in [0.29, 0.717) is 18.4 Å². The lowest BCUT2D eigenvalue weighted by Gasteiger charge is -2.51. The maximum absolute atomic E-state index is 13.4. The average molecular weight is 579 g/mol. The van der Waals surface area contributed by atoms with Crippen LogP contribution in [0.2, 0.25) is 0 Å². The Bertz CT molecular complexity index is 1290. The zero-order valence-corrected chi connectivity index (χ0v) is 26.0. The van der Waals surface area contributed by atoms with E-state index in [1.165, 1.54) is 5.56 Å². The highest BCUT2D eigenvalue weighted by molar-refractivity contribution is 5.70. The predicted molar refractivity (Wildman–Crippen MR) is 157 cm³/mol. The van der Waals surface area contributed by atoms with Crippen molar-refractivity contribution in [1.29, 1.82) is 0 Å². The quantitative estimate of drug-likeness (QED) is 0.372. The van der Waals surface area contributed by atoms with Gasteiger partial charge in [0.2, 0.25) is 5.89 Å². The van der Waals surface area contributed by atoms with Gasteiger partial charge in [-0.1, -0.05) is 35.5 Å². The molecule has 4 aliphatic rings. The van der Waals surface area contributed by atoms with Crippen LogP contribution >= 0.6 is 0 Å². The van der Waals surface area contributed by atoms with Gasteiger partial charge in [-0.15, -0.1) is 0 Å². The molecule has 0 N–H and O–H groups in total. The van der Waals surface area contributed by atoms with Crippen molar-refractivity contribution in [2.45, 2.75) is 121 Å². The Labute approximate surface area is 249 Å². The van der Waals surface area contributed by atoms with Gasteiger partial charge in [0.25, 0.3) is 0 Å². The Morgan fingerprint density at radius 1 is 0.976 bits per heavy atom. The molecule has 2 aromatic rings. The van der Waals surface area contributed by atoms with E-state index in [1.807, 2.05) is 57.4 Å². The molecule has 42 heavy (non-hydrogen) atoms. The van der Waals surface area contributed by atoms with E-state index in [-0.39, 0.29) is 35.0 Å². The number of hydrogen-bond acceptors (Lipinski definition) is 7. The standard InChI is InChI=1S/C33H46N4O5/c1-30(2,3)40-28(38)36-16-14-32(15-17-36)19-23(20-32)26-34-27(35-42-26)33(12-13-33)21-37(29(39)41-31(4,5)6)25-18-24(25)22-10-8-7-9-11-22/h7-11,23-25H,12-21H2,1-6H3/t24-,25?/m1/s1. The van der Waals surface area contributed by atoms with E-state index in [1.54, 1.807) is 0 Å². The van der Waals surface area contributed by atoms with Crippen molar-refractivity contribution in [2.24, 2.45) is 5.41 Å². The van der Waals surface area contributed by atoms with E-state index in [2.05, 4.69) is 29.4 Å². The second-order valence-electron chi connectivity index (χ2n) is 15.2. The summed E-state index contributed by atoms with van der Waals surface area (Å²) in [5, 5.41) is 4.47. The number of ether oxygens (including phenoxy) is 2. The number of carbonyl (C=O) groups excluding carboxylic acids is 2. The smallest absolute Gasteiger partial charge is 0.410 e. The lowest BCUT2D eigenvalue weighted by molar-refractivity contribution is -0.0161. The molecule has 0 radical (unpaired) electrons. The van der Waals surface area contributed by atoms with Gasteiger partial charge in [-0.2, -0.15) is 4.98 Å². The van der Waals surface area contributed by atoms with Crippen LogP contribution in [0.1, 0.15) is 116 Å². The van der Waals surface area contributed by atoms with Crippen LogP contribution < -0.4 is 0 Å². The molecule has 3 saturated carbocycles. The molecule has 1 aromatic carbocycles. The first-order valence-electron chi connectivity index (χ1n) is 15.6. The van der Waals surface area contributed by atoms with Gasteiger partial charge in [0.15, 0.2) is 5.82 Å². The van der Waals surface area contributed by atoms with Crippen LogP contribution in [-0.2, 0) is 14.9 Å². The predicted octanol–water partition coefficient (Wildman–Crippen LogP) is 6.79. The van der Waals surface area contributed by atoms with Crippen molar-refractivity contribution < 1.29 is 23.6 Å². The molecule has 0 bridgehead atoms. The third kappa shape index (κ3) is 6.16. The van der Waals surface area contributed by atoms with E-state index >= 15 is 0 Å². The maximum atomic E-state index is 13.4. The van der Waals surface area contributed by atoms with E-state index in [0.717, 1.165) is 63.9 Å². The number of nitrogens with zero attached hydrogens (tertiary/aromatic N) is 4. The van der Waals surface area contributed by atoms with Gasteiger partial charge < -0.3 is 23.8 Å². The number of likely N-dealkylation sites (tertiary alicyclic amines) is 1. The van der Waals surface area contributed by atoms with Gasteiger partial charge in [0, 0.05) is 37.5 Å². The Morgan fingerprint density at radius 3 is 2.21 bits per heavy atom. The maximum Gasteiger partial charge on any atom is 0.410 e. The second-order valence-corrected chi connectivity index (χ2v) is 15.2. The SMILES string of the molecule is CC(C)(C)OC(=O)N1CCC2(CC1)CC(c1nc(C3(CN(C(=O)OC(C)(C)C)C4C[C@@H]4c4ccccc4)CC3)no1)C2. The minimum Gasteiger partial charge on any atom is -0.444 e. The first-order chi connectivity index (χ1) is 19.7. The summed E-state index contributed by atoms with van der Waals surface area (Å²) in [4.78, 5) is 34.6. The largest absolute Gasteiger partial charge is 0.444 e. The van der Waals surface area contributed by atoms with Crippen molar-refractivity contribution in [3.8, 4) is 0 Å². The van der Waals surface area contributed by atoms with E-state index in [4.69, 9.17) is 19.0 Å². The summed E-state index contributed by atoms with van der Waals surface area (Å²) in [6.45, 7) is 13.4. The average Bonchev–Trinajstić information content (AvgIpc) is 3.81. The third-order valence-electron chi connectivity index (χ3n) is 9.44. The summed E-state index contributed by atoms with van der Waals surface area (Å²) >= 11 is 0. The Hall–Kier alpha value is -3.10. The van der Waals surface area contributed by atoms with Gasteiger partial charge >= 0.3 is 12.2 Å². The van der Waals surface area contributed by atoms with Crippen LogP contribution in [0, 0.1) is 5.41 Å². The molecule has 6 rings (SSSR count). The fraction of sp³-hybridized carbons (Fsp3) is 0.697.